The van der Waals surface area contributed by atoms with Gasteiger partial charge in [0.25, 0.3) is 5.91 Å². The molecule has 1 amide bonds. The van der Waals surface area contributed by atoms with E-state index < -0.39 is 10.0 Å². The van der Waals surface area contributed by atoms with Crippen molar-refractivity contribution in [3.63, 3.8) is 0 Å². The van der Waals surface area contributed by atoms with Crippen LogP contribution in [0.25, 0.3) is 22.6 Å². The summed E-state index contributed by atoms with van der Waals surface area (Å²) >= 11 is 3.56. The molecule has 1 aromatic heterocycles. The smallest absolute Gasteiger partial charge is 0.258 e. The number of carbonyl (C=O) groups excluding carboxylic acids is 1. The topological polar surface area (TPSA) is 71.9 Å². The van der Waals surface area contributed by atoms with Crippen LogP contribution in [0, 0.1) is 5.82 Å². The third-order valence-corrected chi connectivity index (χ3v) is 9.78. The zero-order valence-corrected chi connectivity index (χ0v) is 24.2. The molecule has 0 atom stereocenters. The average molecular weight is 625 g/mol. The van der Waals surface area contributed by atoms with Crippen LogP contribution in [0.15, 0.2) is 76.2 Å². The van der Waals surface area contributed by atoms with Crippen molar-refractivity contribution >= 4 is 60.1 Å². The summed E-state index contributed by atoms with van der Waals surface area (Å²) in [7, 11) is -3.74. The number of carbonyl (C=O) groups is 1. The molecule has 0 radical (unpaired) electrons. The van der Waals surface area contributed by atoms with E-state index in [0.29, 0.717) is 56.2 Å². The zero-order chi connectivity index (χ0) is 28.0. The highest BCUT2D eigenvalue weighted by Crippen LogP contribution is 2.40. The number of morpholine rings is 1. The lowest BCUT2D eigenvalue weighted by atomic mass is 10.0. The average Bonchev–Trinajstić information content (AvgIpc) is 3.43. The maximum Gasteiger partial charge on any atom is 0.258 e. The molecule has 0 unspecified atom stereocenters. The molecule has 1 saturated heterocycles. The van der Waals surface area contributed by atoms with Gasteiger partial charge in [0.05, 0.1) is 23.8 Å². The van der Waals surface area contributed by atoms with Crippen LogP contribution in [0.2, 0.25) is 0 Å². The molecular weight excluding hydrogens is 597 g/mol. The van der Waals surface area contributed by atoms with Crippen LogP contribution in [-0.4, -0.2) is 56.0 Å². The van der Waals surface area contributed by atoms with Gasteiger partial charge in [-0.3, -0.25) is 4.79 Å². The Bertz CT molecular complexity index is 1760. The van der Waals surface area contributed by atoms with Gasteiger partial charge in [-0.05, 0) is 67.1 Å². The minimum absolute atomic E-state index is 0.159. The summed E-state index contributed by atoms with van der Waals surface area (Å²) in [5, 5.41) is 0.936. The Morgan fingerprint density at radius 1 is 1.02 bits per heavy atom. The van der Waals surface area contributed by atoms with Gasteiger partial charge in [0.1, 0.15) is 5.82 Å². The molecule has 4 aromatic rings. The fourth-order valence-corrected chi connectivity index (χ4v) is 7.17. The van der Waals surface area contributed by atoms with E-state index >= 15 is 0 Å². The quantitative estimate of drug-likeness (QED) is 0.265. The number of likely N-dealkylation sites (N-methyl/N-ethyl adjacent to an activating group) is 1. The van der Waals surface area contributed by atoms with E-state index in [9.17, 15) is 17.6 Å². The van der Waals surface area contributed by atoms with Crippen LogP contribution in [0.1, 0.15) is 23.6 Å². The third kappa shape index (κ3) is 4.79. The van der Waals surface area contributed by atoms with Crippen molar-refractivity contribution in [3.8, 4) is 0 Å². The van der Waals surface area contributed by atoms with Crippen LogP contribution in [-0.2, 0) is 26.1 Å². The SMILES string of the molecule is CCN1C(=O)/C(=C\c2cn(Cc3ccc(F)cc3)c3ccc(Br)cc23)c2cc(S(=O)(=O)N3CCOCC3)ccc21. The van der Waals surface area contributed by atoms with Crippen molar-refractivity contribution in [1.82, 2.24) is 8.87 Å². The van der Waals surface area contributed by atoms with Gasteiger partial charge >= 0.3 is 0 Å². The van der Waals surface area contributed by atoms with E-state index in [1.807, 2.05) is 37.4 Å². The number of halogens is 2. The predicted molar refractivity (Wildman–Crippen MR) is 157 cm³/mol. The lowest BCUT2D eigenvalue weighted by molar-refractivity contribution is -0.112. The molecule has 1 fully saturated rings. The fourth-order valence-electron chi connectivity index (χ4n) is 5.37. The number of rotatable bonds is 6. The monoisotopic (exact) mass is 623 g/mol. The molecule has 3 aromatic carbocycles. The minimum atomic E-state index is -3.74. The number of aromatic nitrogens is 1. The molecule has 3 heterocycles. The van der Waals surface area contributed by atoms with E-state index in [1.165, 1.54) is 16.4 Å². The number of nitrogens with zero attached hydrogens (tertiary/aromatic N) is 3. The number of hydrogen-bond acceptors (Lipinski definition) is 4. The summed E-state index contributed by atoms with van der Waals surface area (Å²) in [5.41, 5.74) is 4.45. The van der Waals surface area contributed by atoms with Crippen LogP contribution >= 0.6 is 15.9 Å². The van der Waals surface area contributed by atoms with Gasteiger partial charge in [-0.2, -0.15) is 4.31 Å². The summed E-state index contributed by atoms with van der Waals surface area (Å²) < 4.78 is 50.0. The van der Waals surface area contributed by atoms with Crippen LogP contribution in [0.5, 0.6) is 0 Å². The van der Waals surface area contributed by atoms with E-state index in [-0.39, 0.29) is 16.6 Å². The Labute approximate surface area is 240 Å². The molecule has 2 aliphatic heterocycles. The number of ether oxygens (including phenoxy) is 1. The van der Waals surface area contributed by atoms with Gasteiger partial charge in [-0.1, -0.05) is 28.1 Å². The first kappa shape index (κ1) is 26.9. The minimum Gasteiger partial charge on any atom is -0.379 e. The summed E-state index contributed by atoms with van der Waals surface area (Å²) in [6.45, 7) is 4.18. The van der Waals surface area contributed by atoms with E-state index in [2.05, 4.69) is 20.5 Å². The number of benzene rings is 3. The molecule has 0 aliphatic carbocycles. The van der Waals surface area contributed by atoms with Gasteiger partial charge in [0.2, 0.25) is 10.0 Å². The van der Waals surface area contributed by atoms with Crippen molar-refractivity contribution in [2.24, 2.45) is 0 Å². The normalized spacial score (nSPS) is 17.2. The molecular formula is C30H27BrFN3O4S. The number of amides is 1. The zero-order valence-electron chi connectivity index (χ0n) is 21.8. The second-order valence-electron chi connectivity index (χ2n) is 9.80. The third-order valence-electron chi connectivity index (χ3n) is 7.39. The van der Waals surface area contributed by atoms with Gasteiger partial charge in [0, 0.05) is 64.5 Å². The van der Waals surface area contributed by atoms with E-state index in [0.717, 1.165) is 26.5 Å². The molecule has 0 saturated carbocycles. The first-order chi connectivity index (χ1) is 19.3. The highest BCUT2D eigenvalue weighted by molar-refractivity contribution is 9.10. The van der Waals surface area contributed by atoms with E-state index in [4.69, 9.17) is 4.74 Å². The second-order valence-corrected chi connectivity index (χ2v) is 12.7. The van der Waals surface area contributed by atoms with Crippen molar-refractivity contribution in [2.45, 2.75) is 18.4 Å². The standard InChI is InChI=1S/C30H27BrFN3O4S/c1-2-35-29-10-8-24(40(37,38)34-11-13-39-14-12-34)17-26(29)27(30(35)36)15-21-19-33(18-20-3-6-23(32)7-4-20)28-9-5-22(31)16-25(21)28/h3-10,15-17,19H,2,11-14,18H2,1H3/b27-15-. The summed E-state index contributed by atoms with van der Waals surface area (Å²) in [6, 6.07) is 17.3. The molecule has 7 nitrogen and oxygen atoms in total. The van der Waals surface area contributed by atoms with Gasteiger partial charge in [-0.15, -0.1) is 0 Å². The fraction of sp³-hybridized carbons (Fsp3) is 0.233. The highest BCUT2D eigenvalue weighted by Gasteiger charge is 2.34. The summed E-state index contributed by atoms with van der Waals surface area (Å²) in [5.74, 6) is -0.461. The maximum atomic E-state index is 13.6. The predicted octanol–water partition coefficient (Wildman–Crippen LogP) is 5.52. The van der Waals surface area contributed by atoms with Crippen molar-refractivity contribution in [1.29, 1.82) is 0 Å². The largest absolute Gasteiger partial charge is 0.379 e. The van der Waals surface area contributed by atoms with Crippen molar-refractivity contribution in [2.75, 3.05) is 37.7 Å². The van der Waals surface area contributed by atoms with Crippen molar-refractivity contribution < 1.29 is 22.3 Å². The maximum absolute atomic E-state index is 13.6. The molecule has 6 rings (SSSR count). The Balaban J connectivity index is 1.46. The molecule has 0 bridgehead atoms. The first-order valence-corrected chi connectivity index (χ1v) is 15.3. The summed E-state index contributed by atoms with van der Waals surface area (Å²) in [6.07, 6.45) is 3.82. The van der Waals surface area contributed by atoms with Crippen molar-refractivity contribution in [3.05, 3.63) is 93.8 Å². The lowest BCUT2D eigenvalue weighted by Crippen LogP contribution is -2.40. The molecule has 40 heavy (non-hydrogen) atoms. The molecule has 0 N–H and O–H groups in total. The van der Waals surface area contributed by atoms with Gasteiger partial charge < -0.3 is 14.2 Å². The van der Waals surface area contributed by atoms with E-state index in [1.54, 1.807) is 35.2 Å². The number of fused-ring (bicyclic) bond motifs is 2. The number of anilines is 1. The molecule has 2 aliphatic rings. The Morgan fingerprint density at radius 3 is 2.50 bits per heavy atom. The molecule has 10 heteroatoms. The Morgan fingerprint density at radius 2 is 1.77 bits per heavy atom. The first-order valence-electron chi connectivity index (χ1n) is 13.0. The van der Waals surface area contributed by atoms with Crippen LogP contribution in [0.4, 0.5) is 10.1 Å². The van der Waals surface area contributed by atoms with Crippen LogP contribution in [0.3, 0.4) is 0 Å². The van der Waals surface area contributed by atoms with Gasteiger partial charge in [-0.25, -0.2) is 12.8 Å². The van der Waals surface area contributed by atoms with Gasteiger partial charge in [0.15, 0.2) is 0 Å². The Hall–Kier alpha value is -3.31. The Kier molecular flexibility index (Phi) is 7.12. The molecule has 206 valence electrons. The lowest BCUT2D eigenvalue weighted by Gasteiger charge is -2.26. The highest BCUT2D eigenvalue weighted by atomic mass is 79.9. The number of hydrogen-bond donors (Lipinski definition) is 0. The number of sulfonamides is 1. The summed E-state index contributed by atoms with van der Waals surface area (Å²) in [4.78, 5) is 15.4. The second kappa shape index (κ2) is 10.6. The molecule has 0 spiro atoms. The van der Waals surface area contributed by atoms with Crippen LogP contribution < -0.4 is 4.90 Å².